The normalized spacial score (nSPS) is 17.7. The molecule has 0 fully saturated rings. The van der Waals surface area contributed by atoms with Crippen molar-refractivity contribution >= 4 is 6.08 Å². The van der Waals surface area contributed by atoms with Crippen LogP contribution in [0.4, 0.5) is 0 Å². The van der Waals surface area contributed by atoms with Crippen LogP contribution in [-0.4, -0.2) is 0 Å². The second kappa shape index (κ2) is 6.37. The average Bonchev–Trinajstić information content (AvgIpc) is 2.55. The summed E-state index contributed by atoms with van der Waals surface area (Å²) in [5.74, 6) is 0.517. The molecule has 0 saturated heterocycles. The molecule has 0 bridgehead atoms. The third kappa shape index (κ3) is 3.81. The molecule has 0 saturated carbocycles. The predicted molar refractivity (Wildman–Crippen MR) is 109 cm³/mol. The molecule has 1 atom stereocenters. The second-order valence-electron chi connectivity index (χ2n) is 8.98. The van der Waals surface area contributed by atoms with Crippen molar-refractivity contribution in [1.29, 1.82) is 0 Å². The Morgan fingerprint density at radius 1 is 0.840 bits per heavy atom. The van der Waals surface area contributed by atoms with Gasteiger partial charge in [0.1, 0.15) is 0 Å². The van der Waals surface area contributed by atoms with E-state index in [0.717, 1.165) is 6.42 Å². The summed E-state index contributed by atoms with van der Waals surface area (Å²) in [6.45, 7) is 13.6. The van der Waals surface area contributed by atoms with E-state index >= 15 is 0 Å². The number of allylic oxidation sites excluding steroid dienone is 1. The molecule has 3 rings (SSSR count). The first-order valence-corrected chi connectivity index (χ1v) is 9.35. The summed E-state index contributed by atoms with van der Waals surface area (Å²) in [5, 5.41) is 3.82. The molecule has 1 aliphatic rings. The highest BCUT2D eigenvalue weighted by Crippen LogP contribution is 2.31. The predicted octanol–water partition coefficient (Wildman–Crippen LogP) is 6.04. The lowest BCUT2D eigenvalue weighted by Gasteiger charge is -2.34. The molecular weight excluding hydrogens is 302 g/mol. The monoisotopic (exact) mass is 333 g/mol. The van der Waals surface area contributed by atoms with Gasteiger partial charge < -0.3 is 5.32 Å². The van der Waals surface area contributed by atoms with Gasteiger partial charge in [-0.15, -0.1) is 0 Å². The maximum Gasteiger partial charge on any atom is 0.0566 e. The number of hydrogen-bond acceptors (Lipinski definition) is 1. The lowest BCUT2D eigenvalue weighted by atomic mass is 9.83. The molecule has 2 aromatic carbocycles. The smallest absolute Gasteiger partial charge is 0.0566 e. The number of hydrogen-bond donors (Lipinski definition) is 1. The van der Waals surface area contributed by atoms with Crippen molar-refractivity contribution in [3.8, 4) is 0 Å². The van der Waals surface area contributed by atoms with E-state index in [9.17, 15) is 0 Å². The summed E-state index contributed by atoms with van der Waals surface area (Å²) in [7, 11) is 0. The SMILES string of the molecule is CC1Cc2ccccc2C=C1NC(C)(C)c1ccc(C(C)(C)C)cc1. The maximum atomic E-state index is 3.82. The van der Waals surface area contributed by atoms with Crippen molar-refractivity contribution in [1.82, 2.24) is 5.32 Å². The maximum absolute atomic E-state index is 3.82. The van der Waals surface area contributed by atoms with Crippen LogP contribution in [0.25, 0.3) is 6.08 Å². The van der Waals surface area contributed by atoms with Gasteiger partial charge >= 0.3 is 0 Å². The fourth-order valence-electron chi connectivity index (χ4n) is 3.59. The zero-order valence-corrected chi connectivity index (χ0v) is 16.5. The van der Waals surface area contributed by atoms with Gasteiger partial charge in [-0.05, 0) is 59.9 Å². The van der Waals surface area contributed by atoms with E-state index in [4.69, 9.17) is 0 Å². The quantitative estimate of drug-likeness (QED) is 0.722. The van der Waals surface area contributed by atoms with Gasteiger partial charge in [0, 0.05) is 5.70 Å². The number of benzene rings is 2. The molecule has 0 spiro atoms. The molecule has 1 unspecified atom stereocenters. The molecule has 0 radical (unpaired) electrons. The molecule has 0 amide bonds. The fraction of sp³-hybridized carbons (Fsp3) is 0.417. The van der Waals surface area contributed by atoms with Crippen molar-refractivity contribution in [2.75, 3.05) is 0 Å². The van der Waals surface area contributed by atoms with Gasteiger partial charge in [0.2, 0.25) is 0 Å². The first-order chi connectivity index (χ1) is 11.7. The van der Waals surface area contributed by atoms with Crippen LogP contribution in [-0.2, 0) is 17.4 Å². The summed E-state index contributed by atoms with van der Waals surface area (Å²) in [5.41, 5.74) is 6.94. The van der Waals surface area contributed by atoms with E-state index in [1.165, 1.54) is 28.0 Å². The molecule has 25 heavy (non-hydrogen) atoms. The molecule has 0 aliphatic heterocycles. The van der Waals surface area contributed by atoms with E-state index in [1.54, 1.807) is 0 Å². The van der Waals surface area contributed by atoms with Gasteiger partial charge in [-0.2, -0.15) is 0 Å². The van der Waals surface area contributed by atoms with Gasteiger partial charge in [0.05, 0.1) is 5.54 Å². The molecule has 1 N–H and O–H groups in total. The Balaban J connectivity index is 1.85. The van der Waals surface area contributed by atoms with Crippen LogP contribution >= 0.6 is 0 Å². The molecule has 0 aromatic heterocycles. The lowest BCUT2D eigenvalue weighted by molar-refractivity contribution is 0.416. The van der Waals surface area contributed by atoms with Crippen molar-refractivity contribution in [2.45, 2.75) is 58.9 Å². The Morgan fingerprint density at radius 3 is 2.08 bits per heavy atom. The molecule has 1 nitrogen and oxygen atoms in total. The third-order valence-electron chi connectivity index (χ3n) is 5.35. The molecular formula is C24H31N. The van der Waals surface area contributed by atoms with Gasteiger partial charge in [-0.3, -0.25) is 0 Å². The third-order valence-corrected chi connectivity index (χ3v) is 5.35. The molecule has 2 aromatic rings. The topological polar surface area (TPSA) is 12.0 Å². The molecule has 1 heteroatoms. The second-order valence-corrected chi connectivity index (χ2v) is 8.98. The summed E-state index contributed by atoms with van der Waals surface area (Å²) in [6, 6.07) is 17.8. The van der Waals surface area contributed by atoms with Crippen LogP contribution in [0.15, 0.2) is 54.2 Å². The van der Waals surface area contributed by atoms with Gasteiger partial charge in [0.25, 0.3) is 0 Å². The molecule has 132 valence electrons. The zero-order valence-electron chi connectivity index (χ0n) is 16.5. The lowest BCUT2D eigenvalue weighted by Crippen LogP contribution is -2.38. The highest BCUT2D eigenvalue weighted by atomic mass is 15.0. The van der Waals surface area contributed by atoms with E-state index in [2.05, 4.69) is 101 Å². The van der Waals surface area contributed by atoms with Crippen LogP contribution in [0.2, 0.25) is 0 Å². The van der Waals surface area contributed by atoms with Crippen LogP contribution in [0.5, 0.6) is 0 Å². The van der Waals surface area contributed by atoms with Gasteiger partial charge in [-0.25, -0.2) is 0 Å². The first kappa shape index (κ1) is 17.8. The van der Waals surface area contributed by atoms with Crippen molar-refractivity contribution < 1.29 is 0 Å². The van der Waals surface area contributed by atoms with Crippen LogP contribution < -0.4 is 5.32 Å². The highest BCUT2D eigenvalue weighted by molar-refractivity contribution is 5.60. The average molecular weight is 334 g/mol. The minimum Gasteiger partial charge on any atom is -0.379 e. The standard InChI is InChI=1S/C24H31N/c1-17-15-18-9-7-8-10-19(18)16-22(17)25-24(5,6)21-13-11-20(12-14-21)23(2,3)4/h7-14,16-17,25H,15H2,1-6H3. The summed E-state index contributed by atoms with van der Waals surface area (Å²) < 4.78 is 0. The van der Waals surface area contributed by atoms with Crippen LogP contribution in [0.1, 0.15) is 63.8 Å². The minimum atomic E-state index is -0.0945. The summed E-state index contributed by atoms with van der Waals surface area (Å²) in [6.07, 6.45) is 3.43. The van der Waals surface area contributed by atoms with E-state index in [-0.39, 0.29) is 11.0 Å². The zero-order chi connectivity index (χ0) is 18.2. The summed E-state index contributed by atoms with van der Waals surface area (Å²) in [4.78, 5) is 0. The minimum absolute atomic E-state index is 0.0945. The molecule has 1 aliphatic carbocycles. The Kier molecular flexibility index (Phi) is 4.53. The fourth-order valence-corrected chi connectivity index (χ4v) is 3.59. The Labute approximate surface area is 153 Å². The van der Waals surface area contributed by atoms with E-state index < -0.39 is 0 Å². The Hall–Kier alpha value is -2.02. The summed E-state index contributed by atoms with van der Waals surface area (Å²) >= 11 is 0. The van der Waals surface area contributed by atoms with E-state index in [0.29, 0.717) is 5.92 Å². The van der Waals surface area contributed by atoms with E-state index in [1.807, 2.05) is 0 Å². The largest absolute Gasteiger partial charge is 0.379 e. The van der Waals surface area contributed by atoms with Crippen LogP contribution in [0, 0.1) is 5.92 Å². The van der Waals surface area contributed by atoms with Gasteiger partial charge in [0.15, 0.2) is 0 Å². The van der Waals surface area contributed by atoms with Gasteiger partial charge in [-0.1, -0.05) is 76.2 Å². The highest BCUT2D eigenvalue weighted by Gasteiger charge is 2.26. The van der Waals surface area contributed by atoms with Crippen molar-refractivity contribution in [3.05, 3.63) is 76.5 Å². The van der Waals surface area contributed by atoms with Crippen LogP contribution in [0.3, 0.4) is 0 Å². The first-order valence-electron chi connectivity index (χ1n) is 9.35. The number of fused-ring (bicyclic) bond motifs is 1. The number of rotatable bonds is 3. The Morgan fingerprint density at radius 2 is 1.44 bits per heavy atom. The van der Waals surface area contributed by atoms with Crippen molar-refractivity contribution in [2.24, 2.45) is 5.92 Å². The Bertz CT molecular complexity index is 772. The van der Waals surface area contributed by atoms with Crippen molar-refractivity contribution in [3.63, 3.8) is 0 Å². The number of nitrogens with one attached hydrogen (secondary N) is 1. The molecule has 0 heterocycles.